The lowest BCUT2D eigenvalue weighted by atomic mass is 9.86. The van der Waals surface area contributed by atoms with Gasteiger partial charge in [-0.05, 0) is 25.7 Å². The lowest BCUT2D eigenvalue weighted by Gasteiger charge is -2.30. The van der Waals surface area contributed by atoms with Gasteiger partial charge in [0.2, 0.25) is 5.91 Å². The van der Waals surface area contributed by atoms with Crippen LogP contribution in [0.15, 0.2) is 11.5 Å². The zero-order chi connectivity index (χ0) is 13.8. The van der Waals surface area contributed by atoms with Crippen LogP contribution in [0.1, 0.15) is 39.5 Å². The standard InChI is InChI=1S/C13H22N4OS/c1-9-6-4-5-7-11(9)15-12(18)10(2)19-13-16-14-8-17(13)3/h8-11H,4-7H2,1-3H3,(H,15,18). The van der Waals surface area contributed by atoms with Crippen LogP contribution in [0.5, 0.6) is 0 Å². The molecule has 1 fully saturated rings. The van der Waals surface area contributed by atoms with Gasteiger partial charge in [0.05, 0.1) is 5.25 Å². The molecular weight excluding hydrogens is 260 g/mol. The van der Waals surface area contributed by atoms with Crippen LogP contribution in [0, 0.1) is 5.92 Å². The van der Waals surface area contributed by atoms with Gasteiger partial charge >= 0.3 is 0 Å². The predicted molar refractivity (Wildman–Crippen MR) is 75.9 cm³/mol. The number of aromatic nitrogens is 3. The highest BCUT2D eigenvalue weighted by atomic mass is 32.2. The molecule has 0 saturated heterocycles. The van der Waals surface area contributed by atoms with Gasteiger partial charge in [0.15, 0.2) is 5.16 Å². The Bertz CT molecular complexity index is 434. The first kappa shape index (κ1) is 14.4. The number of hydrogen-bond donors (Lipinski definition) is 1. The average Bonchev–Trinajstić information content (AvgIpc) is 2.78. The second-order valence-electron chi connectivity index (χ2n) is 5.36. The fourth-order valence-corrected chi connectivity index (χ4v) is 3.22. The van der Waals surface area contributed by atoms with Gasteiger partial charge in [0.1, 0.15) is 6.33 Å². The second kappa shape index (κ2) is 6.41. The number of carbonyl (C=O) groups excluding carboxylic acids is 1. The Morgan fingerprint density at radius 2 is 2.26 bits per heavy atom. The number of thioether (sulfide) groups is 1. The predicted octanol–water partition coefficient (Wildman–Crippen LogP) is 1.99. The number of carbonyl (C=O) groups is 1. The number of nitrogens with zero attached hydrogens (tertiary/aromatic N) is 3. The van der Waals surface area contributed by atoms with Gasteiger partial charge in [-0.2, -0.15) is 0 Å². The van der Waals surface area contributed by atoms with Gasteiger partial charge in [0.25, 0.3) is 0 Å². The Labute approximate surface area is 118 Å². The number of amides is 1. The summed E-state index contributed by atoms with van der Waals surface area (Å²) in [7, 11) is 1.89. The molecule has 1 aliphatic carbocycles. The Kier molecular flexibility index (Phi) is 4.85. The summed E-state index contributed by atoms with van der Waals surface area (Å²) in [4.78, 5) is 12.2. The van der Waals surface area contributed by atoms with E-state index in [9.17, 15) is 4.79 Å². The number of nitrogens with one attached hydrogen (secondary N) is 1. The summed E-state index contributed by atoms with van der Waals surface area (Å²) >= 11 is 1.45. The maximum absolute atomic E-state index is 12.2. The zero-order valence-electron chi connectivity index (χ0n) is 11.8. The summed E-state index contributed by atoms with van der Waals surface area (Å²) < 4.78 is 1.83. The van der Waals surface area contributed by atoms with Crippen LogP contribution in [-0.4, -0.2) is 32.0 Å². The van der Waals surface area contributed by atoms with Crippen LogP contribution in [0.2, 0.25) is 0 Å². The van der Waals surface area contributed by atoms with Crippen molar-refractivity contribution in [1.82, 2.24) is 20.1 Å². The molecule has 0 radical (unpaired) electrons. The molecule has 1 aromatic heterocycles. The van der Waals surface area contributed by atoms with E-state index in [0.717, 1.165) is 11.6 Å². The third kappa shape index (κ3) is 3.72. The highest BCUT2D eigenvalue weighted by Gasteiger charge is 2.25. The molecule has 19 heavy (non-hydrogen) atoms. The first-order valence-electron chi connectivity index (χ1n) is 6.89. The maximum atomic E-state index is 12.2. The molecule has 1 heterocycles. The summed E-state index contributed by atoms with van der Waals surface area (Å²) in [5.74, 6) is 0.691. The Morgan fingerprint density at radius 1 is 1.53 bits per heavy atom. The molecule has 0 aromatic carbocycles. The third-order valence-electron chi connectivity index (χ3n) is 3.76. The SMILES string of the molecule is CC(Sc1nncn1C)C(=O)NC1CCCCC1C. The largest absolute Gasteiger partial charge is 0.352 e. The fraction of sp³-hybridized carbons (Fsp3) is 0.769. The minimum atomic E-state index is -0.142. The number of aryl methyl sites for hydroxylation is 1. The van der Waals surface area contributed by atoms with Gasteiger partial charge in [-0.15, -0.1) is 10.2 Å². The van der Waals surface area contributed by atoms with E-state index in [-0.39, 0.29) is 11.2 Å². The van der Waals surface area contributed by atoms with E-state index >= 15 is 0 Å². The van der Waals surface area contributed by atoms with E-state index in [0.29, 0.717) is 12.0 Å². The van der Waals surface area contributed by atoms with Crippen LogP contribution in [0.3, 0.4) is 0 Å². The number of hydrogen-bond acceptors (Lipinski definition) is 4. The summed E-state index contributed by atoms with van der Waals surface area (Å²) in [6.45, 7) is 4.15. The molecule has 3 atom stereocenters. The minimum Gasteiger partial charge on any atom is -0.352 e. The van der Waals surface area contributed by atoms with Crippen molar-refractivity contribution in [2.24, 2.45) is 13.0 Å². The second-order valence-corrected chi connectivity index (χ2v) is 6.67. The van der Waals surface area contributed by atoms with Crippen LogP contribution in [0.25, 0.3) is 0 Å². The zero-order valence-corrected chi connectivity index (χ0v) is 12.6. The van der Waals surface area contributed by atoms with E-state index in [1.54, 1.807) is 6.33 Å². The van der Waals surface area contributed by atoms with E-state index in [1.165, 1.54) is 31.0 Å². The first-order chi connectivity index (χ1) is 9.08. The minimum absolute atomic E-state index is 0.103. The first-order valence-corrected chi connectivity index (χ1v) is 7.77. The summed E-state index contributed by atoms with van der Waals surface area (Å²) in [6, 6.07) is 0.337. The quantitative estimate of drug-likeness (QED) is 0.858. The average molecular weight is 282 g/mol. The lowest BCUT2D eigenvalue weighted by molar-refractivity contribution is -0.121. The van der Waals surface area contributed by atoms with E-state index in [4.69, 9.17) is 0 Å². The maximum Gasteiger partial charge on any atom is 0.233 e. The Morgan fingerprint density at radius 3 is 2.89 bits per heavy atom. The molecule has 3 unspecified atom stereocenters. The molecule has 2 rings (SSSR count). The monoisotopic (exact) mass is 282 g/mol. The van der Waals surface area contributed by atoms with Crippen molar-refractivity contribution < 1.29 is 4.79 Å². The van der Waals surface area contributed by atoms with Gasteiger partial charge in [0, 0.05) is 13.1 Å². The van der Waals surface area contributed by atoms with Crippen LogP contribution in [0.4, 0.5) is 0 Å². The van der Waals surface area contributed by atoms with Crippen LogP contribution >= 0.6 is 11.8 Å². The molecule has 6 heteroatoms. The molecule has 0 bridgehead atoms. The van der Waals surface area contributed by atoms with E-state index in [2.05, 4.69) is 22.4 Å². The topological polar surface area (TPSA) is 59.8 Å². The van der Waals surface area contributed by atoms with Gasteiger partial charge in [-0.1, -0.05) is 31.5 Å². The van der Waals surface area contributed by atoms with Gasteiger partial charge in [-0.3, -0.25) is 4.79 Å². The molecule has 5 nitrogen and oxygen atoms in total. The normalized spacial score (nSPS) is 25.0. The summed E-state index contributed by atoms with van der Waals surface area (Å²) in [6.07, 6.45) is 6.48. The van der Waals surface area contributed by atoms with Gasteiger partial charge in [-0.25, -0.2) is 0 Å². The lowest BCUT2D eigenvalue weighted by Crippen LogP contribution is -2.44. The van der Waals surface area contributed by atoms with Crippen molar-refractivity contribution in [2.75, 3.05) is 0 Å². The smallest absolute Gasteiger partial charge is 0.233 e. The highest BCUT2D eigenvalue weighted by Crippen LogP contribution is 2.25. The van der Waals surface area contributed by atoms with Crippen LogP contribution < -0.4 is 5.32 Å². The molecule has 0 spiro atoms. The van der Waals surface area contributed by atoms with E-state index < -0.39 is 0 Å². The molecule has 1 amide bonds. The van der Waals surface area contributed by atoms with Crippen LogP contribution in [-0.2, 0) is 11.8 Å². The number of rotatable bonds is 4. The fourth-order valence-electron chi connectivity index (χ4n) is 2.42. The van der Waals surface area contributed by atoms with E-state index in [1.807, 2.05) is 18.5 Å². The summed E-state index contributed by atoms with van der Waals surface area (Å²) in [5, 5.41) is 11.6. The molecular formula is C13H22N4OS. The van der Waals surface area contributed by atoms with Crippen molar-refractivity contribution >= 4 is 17.7 Å². The summed E-state index contributed by atoms with van der Waals surface area (Å²) in [5.41, 5.74) is 0. The Hall–Kier alpha value is -1.04. The highest BCUT2D eigenvalue weighted by molar-refractivity contribution is 8.00. The Balaban J connectivity index is 1.87. The van der Waals surface area contributed by atoms with Crippen molar-refractivity contribution in [3.63, 3.8) is 0 Å². The van der Waals surface area contributed by atoms with Crippen molar-refractivity contribution in [3.05, 3.63) is 6.33 Å². The van der Waals surface area contributed by atoms with Gasteiger partial charge < -0.3 is 9.88 Å². The van der Waals surface area contributed by atoms with Crippen molar-refractivity contribution in [1.29, 1.82) is 0 Å². The molecule has 106 valence electrons. The van der Waals surface area contributed by atoms with Crippen molar-refractivity contribution in [2.45, 2.75) is 56.0 Å². The molecule has 1 aliphatic rings. The molecule has 1 aromatic rings. The molecule has 1 N–H and O–H groups in total. The molecule has 0 aliphatic heterocycles. The van der Waals surface area contributed by atoms with Crippen molar-refractivity contribution in [3.8, 4) is 0 Å². The third-order valence-corrected chi connectivity index (χ3v) is 4.91. The molecule has 1 saturated carbocycles.